The summed E-state index contributed by atoms with van der Waals surface area (Å²) in [6.45, 7) is 1.37. The van der Waals surface area contributed by atoms with Crippen molar-refractivity contribution in [2.45, 2.75) is 29.9 Å². The second-order valence-corrected chi connectivity index (χ2v) is 9.93. The molecule has 1 aromatic rings. The number of hydrogen-bond donors (Lipinski definition) is 4. The Balaban J connectivity index is 2.34. The van der Waals surface area contributed by atoms with Crippen LogP contribution in [0.15, 0.2) is 33.8 Å². The molecule has 0 fully saturated rings. The summed E-state index contributed by atoms with van der Waals surface area (Å²) in [5.74, 6) is -2.74. The van der Waals surface area contributed by atoms with E-state index in [4.69, 9.17) is 9.66 Å². The molecule has 15 heteroatoms. The number of carboxylic acid groups (broad SMARTS) is 1. The van der Waals surface area contributed by atoms with Gasteiger partial charge in [0.05, 0.1) is 4.92 Å². The molecule has 0 saturated heterocycles. The summed E-state index contributed by atoms with van der Waals surface area (Å²) in [7, 11) is -2.50. The van der Waals surface area contributed by atoms with Gasteiger partial charge in [-0.2, -0.15) is 13.1 Å². The van der Waals surface area contributed by atoms with Gasteiger partial charge in [-0.1, -0.05) is 17.7 Å². The van der Waals surface area contributed by atoms with Crippen molar-refractivity contribution in [1.29, 1.82) is 0 Å². The quantitative estimate of drug-likeness (QED) is 0.179. The third-order valence-electron chi connectivity index (χ3n) is 3.70. The summed E-state index contributed by atoms with van der Waals surface area (Å²) in [4.78, 5) is 20.2. The lowest BCUT2D eigenvalue weighted by Crippen LogP contribution is -2.37. The van der Waals surface area contributed by atoms with Crippen molar-refractivity contribution in [1.82, 2.24) is 4.68 Å². The third-order valence-corrected chi connectivity index (χ3v) is 7.52. The zero-order valence-corrected chi connectivity index (χ0v) is 17.3. The number of allylic oxidation sites excluding steroid dienone is 2. The summed E-state index contributed by atoms with van der Waals surface area (Å²) in [5, 5.41) is 41.4. The van der Waals surface area contributed by atoms with E-state index in [1.54, 1.807) is 6.92 Å². The van der Waals surface area contributed by atoms with Crippen LogP contribution in [0.4, 0.5) is 0 Å². The molecule has 2 rings (SSSR count). The second kappa shape index (κ2) is 8.98. The van der Waals surface area contributed by atoms with Gasteiger partial charge in [0.2, 0.25) is 11.8 Å². The van der Waals surface area contributed by atoms with Gasteiger partial charge in [0.1, 0.15) is 11.6 Å². The zero-order valence-electron chi connectivity index (χ0n) is 14.8. The number of carboxylic acids is 1. The van der Waals surface area contributed by atoms with Crippen LogP contribution in [-0.4, -0.2) is 55.7 Å². The summed E-state index contributed by atoms with van der Waals surface area (Å²) in [6, 6.07) is 0.611. The molecule has 1 unspecified atom stereocenters. The highest BCUT2D eigenvalue weighted by Gasteiger charge is 2.32. The molecule has 0 radical (unpaired) electrons. The van der Waals surface area contributed by atoms with Gasteiger partial charge >= 0.3 is 5.97 Å². The van der Waals surface area contributed by atoms with Gasteiger partial charge in [0.25, 0.3) is 15.8 Å². The highest BCUT2D eigenvalue weighted by molar-refractivity contribution is 8.78. The standard InChI is InChI=1S/C14H17N3O9S3/c1-8(2-5-13(19)20)27-28-12-4-3-9(17(22)23)7-15(12)16-11(18)6-10(14(16)21)29(24,25)26/h3-4,6,8,18,21H,2,5,7H2,1H3,(H,19,20)(H,24,25,26). The summed E-state index contributed by atoms with van der Waals surface area (Å²) in [6.07, 6.45) is 2.89. The molecule has 160 valence electrons. The molecule has 0 aromatic carbocycles. The average molecular weight is 468 g/mol. The lowest BCUT2D eigenvalue weighted by Gasteiger charge is -2.29. The maximum Gasteiger partial charge on any atom is 0.303 e. The Morgan fingerprint density at radius 3 is 2.55 bits per heavy atom. The zero-order chi connectivity index (χ0) is 21.9. The number of nitrogens with zero attached hydrogens (tertiary/aromatic N) is 3. The Morgan fingerprint density at radius 1 is 1.38 bits per heavy atom. The van der Waals surface area contributed by atoms with Crippen molar-refractivity contribution >= 4 is 37.7 Å². The van der Waals surface area contributed by atoms with Crippen LogP contribution in [-0.2, 0) is 14.9 Å². The van der Waals surface area contributed by atoms with E-state index in [0.29, 0.717) is 22.2 Å². The predicted molar refractivity (Wildman–Crippen MR) is 105 cm³/mol. The third kappa shape index (κ3) is 5.59. The van der Waals surface area contributed by atoms with Crippen LogP contribution in [0.25, 0.3) is 0 Å². The Labute approximate surface area is 172 Å². The van der Waals surface area contributed by atoms with Crippen LogP contribution >= 0.6 is 21.6 Å². The largest absolute Gasteiger partial charge is 0.493 e. The molecule has 29 heavy (non-hydrogen) atoms. The van der Waals surface area contributed by atoms with Gasteiger partial charge < -0.3 is 15.3 Å². The summed E-state index contributed by atoms with van der Waals surface area (Å²) in [5.41, 5.74) is -0.292. The molecule has 0 saturated carbocycles. The first-order chi connectivity index (χ1) is 13.4. The van der Waals surface area contributed by atoms with E-state index >= 15 is 0 Å². The van der Waals surface area contributed by atoms with Crippen LogP contribution in [0.3, 0.4) is 0 Å². The van der Waals surface area contributed by atoms with Crippen LogP contribution < -0.4 is 5.01 Å². The molecule has 2 heterocycles. The van der Waals surface area contributed by atoms with E-state index in [-0.39, 0.29) is 17.4 Å². The SMILES string of the molecule is CC(CCC(=O)O)SSC1=CC=C([N+](=O)[O-])CN1n1c(O)cc(S(=O)(=O)O)c1O. The van der Waals surface area contributed by atoms with Crippen LogP contribution in [0.1, 0.15) is 19.8 Å². The fourth-order valence-electron chi connectivity index (χ4n) is 2.29. The molecule has 1 atom stereocenters. The topological polar surface area (TPSA) is 183 Å². The lowest BCUT2D eigenvalue weighted by atomic mass is 10.2. The smallest absolute Gasteiger partial charge is 0.303 e. The number of rotatable bonds is 9. The minimum Gasteiger partial charge on any atom is -0.493 e. The molecular weight excluding hydrogens is 450 g/mol. The normalized spacial score (nSPS) is 15.6. The molecule has 0 aliphatic carbocycles. The van der Waals surface area contributed by atoms with Gasteiger partial charge in [-0.25, -0.2) is 0 Å². The molecule has 1 aliphatic heterocycles. The van der Waals surface area contributed by atoms with Gasteiger partial charge in [-0.15, -0.1) is 0 Å². The number of nitro groups is 1. The Hall–Kier alpha value is -2.36. The first-order valence-corrected chi connectivity index (χ1v) is 11.6. The highest BCUT2D eigenvalue weighted by Crippen LogP contribution is 2.41. The fraction of sp³-hybridized carbons (Fsp3) is 0.357. The average Bonchev–Trinajstić information content (AvgIpc) is 2.92. The van der Waals surface area contributed by atoms with Crippen molar-refractivity contribution in [2.75, 3.05) is 11.6 Å². The van der Waals surface area contributed by atoms with Crippen molar-refractivity contribution in [3.8, 4) is 11.8 Å². The van der Waals surface area contributed by atoms with E-state index < -0.39 is 44.2 Å². The first kappa shape index (κ1) is 22.9. The molecule has 0 spiro atoms. The highest BCUT2D eigenvalue weighted by atomic mass is 33.1. The van der Waals surface area contributed by atoms with E-state index in [2.05, 4.69) is 0 Å². The molecule has 12 nitrogen and oxygen atoms in total. The maximum atomic E-state index is 11.4. The van der Waals surface area contributed by atoms with E-state index in [1.807, 2.05) is 0 Å². The Bertz CT molecular complexity index is 984. The Morgan fingerprint density at radius 2 is 2.03 bits per heavy atom. The number of hydrogen-bond acceptors (Lipinski definition) is 10. The van der Waals surface area contributed by atoms with Crippen LogP contribution in [0.2, 0.25) is 0 Å². The van der Waals surface area contributed by atoms with Crippen molar-refractivity contribution < 1.29 is 38.0 Å². The number of aromatic nitrogens is 1. The van der Waals surface area contributed by atoms with E-state index in [1.165, 1.54) is 22.9 Å². The summed E-state index contributed by atoms with van der Waals surface area (Å²) >= 11 is 0. The van der Waals surface area contributed by atoms with E-state index in [0.717, 1.165) is 15.8 Å². The molecule has 0 amide bonds. The molecule has 1 aliphatic rings. The van der Waals surface area contributed by atoms with Gasteiger partial charge in [-0.05, 0) is 23.3 Å². The summed E-state index contributed by atoms with van der Waals surface area (Å²) < 4.78 is 32.5. The second-order valence-electron chi connectivity index (χ2n) is 5.88. The number of aliphatic carboxylic acids is 1. The maximum absolute atomic E-state index is 11.4. The molecular formula is C14H17N3O9S3. The lowest BCUT2D eigenvalue weighted by molar-refractivity contribution is -0.425. The van der Waals surface area contributed by atoms with Crippen LogP contribution in [0, 0.1) is 10.1 Å². The van der Waals surface area contributed by atoms with Gasteiger partial charge in [0, 0.05) is 23.8 Å². The van der Waals surface area contributed by atoms with Crippen molar-refractivity contribution in [3.63, 3.8) is 0 Å². The molecule has 4 N–H and O–H groups in total. The van der Waals surface area contributed by atoms with Crippen LogP contribution in [0.5, 0.6) is 11.8 Å². The van der Waals surface area contributed by atoms with Gasteiger partial charge in [-0.3, -0.25) is 24.5 Å². The monoisotopic (exact) mass is 467 g/mol. The molecule has 1 aromatic heterocycles. The van der Waals surface area contributed by atoms with Gasteiger partial charge in [0.15, 0.2) is 4.90 Å². The molecule has 0 bridgehead atoms. The fourth-order valence-corrected chi connectivity index (χ4v) is 5.19. The predicted octanol–water partition coefficient (Wildman–Crippen LogP) is 1.73. The first-order valence-electron chi connectivity index (χ1n) is 7.91. The Kier molecular flexibility index (Phi) is 7.10. The van der Waals surface area contributed by atoms with Crippen molar-refractivity contribution in [2.24, 2.45) is 0 Å². The van der Waals surface area contributed by atoms with E-state index in [9.17, 15) is 33.5 Å². The minimum atomic E-state index is -4.86. The number of aromatic hydroxyl groups is 2. The minimum absolute atomic E-state index is 0.0419. The number of carbonyl (C=O) groups is 1. The van der Waals surface area contributed by atoms with Crippen molar-refractivity contribution in [3.05, 3.63) is 39.1 Å².